The molecule has 5 nitrogen and oxygen atoms in total. The average molecular weight is 654 g/mol. The van der Waals surface area contributed by atoms with Crippen molar-refractivity contribution in [1.82, 2.24) is 24.9 Å². The predicted molar refractivity (Wildman–Crippen MR) is 208 cm³/mol. The van der Waals surface area contributed by atoms with E-state index in [0.29, 0.717) is 5.82 Å². The summed E-state index contributed by atoms with van der Waals surface area (Å²) < 4.78 is 0. The van der Waals surface area contributed by atoms with Crippen LogP contribution in [0.2, 0.25) is 0 Å². The molecule has 0 aliphatic rings. The van der Waals surface area contributed by atoms with E-state index >= 15 is 0 Å². The third-order valence-corrected chi connectivity index (χ3v) is 9.19. The Bertz CT molecular complexity index is 2630. The molecule has 9 rings (SSSR count). The third kappa shape index (κ3) is 5.91. The number of hydrogen-bond acceptors (Lipinski definition) is 5. The van der Waals surface area contributed by atoms with Crippen LogP contribution in [0.15, 0.2) is 170 Å². The van der Waals surface area contributed by atoms with Gasteiger partial charge in [-0.25, -0.2) is 15.0 Å². The SMILES string of the molecule is Cc1cc(-c2ccccc2)c2ccc3ccc(-c4cccc(-c5cccc(-c6cc(-c7ccccn7)nc(-c7ccccc7)n6)c5)c4)nc3c2n1. The summed E-state index contributed by atoms with van der Waals surface area (Å²) in [5.74, 6) is 0.664. The molecule has 51 heavy (non-hydrogen) atoms. The van der Waals surface area contributed by atoms with Crippen molar-refractivity contribution in [3.05, 3.63) is 176 Å². The van der Waals surface area contributed by atoms with E-state index in [4.69, 9.17) is 19.9 Å². The molecular weight excluding hydrogens is 623 g/mol. The number of benzene rings is 5. The number of pyridine rings is 3. The van der Waals surface area contributed by atoms with Gasteiger partial charge in [0.25, 0.3) is 0 Å². The molecule has 0 unspecified atom stereocenters. The Morgan fingerprint density at radius 2 is 1.00 bits per heavy atom. The van der Waals surface area contributed by atoms with Gasteiger partial charge in [-0.15, -0.1) is 0 Å². The maximum absolute atomic E-state index is 5.24. The second-order valence-electron chi connectivity index (χ2n) is 12.6. The maximum atomic E-state index is 5.24. The molecule has 0 aliphatic carbocycles. The highest BCUT2D eigenvalue weighted by atomic mass is 14.9. The first kappa shape index (κ1) is 30.2. The molecule has 0 amide bonds. The molecule has 240 valence electrons. The minimum atomic E-state index is 0.664. The Kier molecular flexibility index (Phi) is 7.63. The fraction of sp³-hybridized carbons (Fsp3) is 0.0217. The van der Waals surface area contributed by atoms with E-state index in [1.54, 1.807) is 6.20 Å². The van der Waals surface area contributed by atoms with Crippen LogP contribution in [-0.4, -0.2) is 24.9 Å². The highest BCUT2D eigenvalue weighted by Gasteiger charge is 2.14. The smallest absolute Gasteiger partial charge is 0.160 e. The van der Waals surface area contributed by atoms with Crippen molar-refractivity contribution in [2.24, 2.45) is 0 Å². The van der Waals surface area contributed by atoms with Gasteiger partial charge in [-0.05, 0) is 71.6 Å². The molecular formula is C46H31N5. The van der Waals surface area contributed by atoms with Gasteiger partial charge < -0.3 is 0 Å². The van der Waals surface area contributed by atoms with Gasteiger partial charge in [0.1, 0.15) is 0 Å². The van der Waals surface area contributed by atoms with Crippen LogP contribution in [0.4, 0.5) is 0 Å². The molecule has 5 aromatic carbocycles. The van der Waals surface area contributed by atoms with Crippen molar-refractivity contribution < 1.29 is 0 Å². The number of aryl methyl sites for hydroxylation is 1. The Hall–Kier alpha value is -6.85. The van der Waals surface area contributed by atoms with E-state index in [-0.39, 0.29) is 0 Å². The van der Waals surface area contributed by atoms with Crippen LogP contribution >= 0.6 is 0 Å². The lowest BCUT2D eigenvalue weighted by Gasteiger charge is -2.12. The fourth-order valence-electron chi connectivity index (χ4n) is 6.69. The molecule has 0 aliphatic heterocycles. The van der Waals surface area contributed by atoms with E-state index in [1.165, 1.54) is 11.1 Å². The molecule has 0 saturated carbocycles. The van der Waals surface area contributed by atoms with Gasteiger partial charge in [-0.1, -0.05) is 121 Å². The summed E-state index contributed by atoms with van der Waals surface area (Å²) in [6.07, 6.45) is 1.79. The zero-order chi connectivity index (χ0) is 34.1. The Labute approximate surface area is 296 Å². The van der Waals surface area contributed by atoms with Crippen molar-refractivity contribution in [2.45, 2.75) is 6.92 Å². The van der Waals surface area contributed by atoms with Gasteiger partial charge in [0.2, 0.25) is 0 Å². The summed E-state index contributed by atoms with van der Waals surface area (Å²) in [6, 6.07) is 56.3. The summed E-state index contributed by atoms with van der Waals surface area (Å²) in [6.45, 7) is 2.05. The van der Waals surface area contributed by atoms with E-state index in [0.717, 1.165) is 78.1 Å². The minimum Gasteiger partial charge on any atom is -0.255 e. The molecule has 5 heteroatoms. The first-order valence-corrected chi connectivity index (χ1v) is 17.0. The Balaban J connectivity index is 1.12. The standard InChI is InChI=1S/C46H31N5/c1-30-26-39(31-12-4-2-5-13-31)38-23-21-32-22-24-40(49-44(32)45(38)48-30)36-18-10-16-34(27-36)35-17-11-19-37(28-35)42-29-43(41-20-8-9-25-47-41)51-46(50-42)33-14-6-3-7-15-33/h2-29H,1H3. The lowest BCUT2D eigenvalue weighted by molar-refractivity contribution is 1.16. The van der Waals surface area contributed by atoms with Crippen LogP contribution in [0.1, 0.15) is 5.69 Å². The first-order valence-electron chi connectivity index (χ1n) is 17.0. The van der Waals surface area contributed by atoms with Crippen molar-refractivity contribution in [2.75, 3.05) is 0 Å². The lowest BCUT2D eigenvalue weighted by atomic mass is 9.97. The minimum absolute atomic E-state index is 0.664. The highest BCUT2D eigenvalue weighted by Crippen LogP contribution is 2.35. The molecule has 4 heterocycles. The average Bonchev–Trinajstić information content (AvgIpc) is 3.21. The molecule has 0 spiro atoms. The molecule has 0 N–H and O–H groups in total. The third-order valence-electron chi connectivity index (χ3n) is 9.19. The largest absolute Gasteiger partial charge is 0.255 e. The van der Waals surface area contributed by atoms with Gasteiger partial charge in [0.15, 0.2) is 5.82 Å². The summed E-state index contributed by atoms with van der Waals surface area (Å²) in [5.41, 5.74) is 13.6. The van der Waals surface area contributed by atoms with Crippen LogP contribution in [0, 0.1) is 6.92 Å². The summed E-state index contributed by atoms with van der Waals surface area (Å²) in [5, 5.41) is 2.16. The fourth-order valence-corrected chi connectivity index (χ4v) is 6.69. The molecule has 0 atom stereocenters. The number of fused-ring (bicyclic) bond motifs is 3. The molecule has 0 radical (unpaired) electrons. The molecule has 9 aromatic rings. The monoisotopic (exact) mass is 653 g/mol. The number of nitrogens with zero attached hydrogens (tertiary/aromatic N) is 5. The number of rotatable bonds is 6. The van der Waals surface area contributed by atoms with Crippen molar-refractivity contribution in [1.29, 1.82) is 0 Å². The molecule has 4 aromatic heterocycles. The normalized spacial score (nSPS) is 11.2. The highest BCUT2D eigenvalue weighted by molar-refractivity contribution is 6.08. The summed E-state index contributed by atoms with van der Waals surface area (Å²) >= 11 is 0. The van der Waals surface area contributed by atoms with E-state index in [1.807, 2.05) is 60.7 Å². The van der Waals surface area contributed by atoms with Crippen LogP contribution in [0.3, 0.4) is 0 Å². The zero-order valence-corrected chi connectivity index (χ0v) is 27.9. The zero-order valence-electron chi connectivity index (χ0n) is 27.9. The van der Waals surface area contributed by atoms with Crippen LogP contribution in [0.5, 0.6) is 0 Å². The summed E-state index contributed by atoms with van der Waals surface area (Å²) in [7, 11) is 0. The number of aromatic nitrogens is 5. The number of hydrogen-bond donors (Lipinski definition) is 0. The second kappa shape index (κ2) is 12.9. The van der Waals surface area contributed by atoms with E-state index in [9.17, 15) is 0 Å². The van der Waals surface area contributed by atoms with Gasteiger partial charge >= 0.3 is 0 Å². The lowest BCUT2D eigenvalue weighted by Crippen LogP contribution is -1.97. The quantitative estimate of drug-likeness (QED) is 0.167. The maximum Gasteiger partial charge on any atom is 0.160 e. The van der Waals surface area contributed by atoms with Crippen molar-refractivity contribution in [3.63, 3.8) is 0 Å². The van der Waals surface area contributed by atoms with Crippen LogP contribution < -0.4 is 0 Å². The molecule has 0 fully saturated rings. The van der Waals surface area contributed by atoms with Gasteiger partial charge in [-0.3, -0.25) is 9.97 Å². The van der Waals surface area contributed by atoms with Gasteiger partial charge in [0, 0.05) is 39.4 Å². The second-order valence-corrected chi connectivity index (χ2v) is 12.6. The van der Waals surface area contributed by atoms with Crippen LogP contribution in [0.25, 0.3) is 89.4 Å². The topological polar surface area (TPSA) is 64.5 Å². The Morgan fingerprint density at radius 3 is 1.73 bits per heavy atom. The van der Waals surface area contributed by atoms with Crippen molar-refractivity contribution in [3.8, 4) is 67.5 Å². The van der Waals surface area contributed by atoms with Crippen molar-refractivity contribution >= 4 is 21.8 Å². The van der Waals surface area contributed by atoms with Crippen LogP contribution in [-0.2, 0) is 0 Å². The van der Waals surface area contributed by atoms with Gasteiger partial charge in [-0.2, -0.15) is 0 Å². The summed E-state index contributed by atoms with van der Waals surface area (Å²) in [4.78, 5) is 24.8. The van der Waals surface area contributed by atoms with E-state index in [2.05, 4.69) is 115 Å². The first-order chi connectivity index (χ1) is 25.2. The molecule has 0 bridgehead atoms. The Morgan fingerprint density at radius 1 is 0.373 bits per heavy atom. The predicted octanol–water partition coefficient (Wildman–Crippen LogP) is 11.3. The van der Waals surface area contributed by atoms with E-state index < -0.39 is 0 Å². The molecule has 0 saturated heterocycles. The van der Waals surface area contributed by atoms with Gasteiger partial charge in [0.05, 0.1) is 33.8 Å².